The molecule has 0 saturated heterocycles. The van der Waals surface area contributed by atoms with E-state index in [4.69, 9.17) is 5.02 Å². The normalized spacial score (nSPS) is 31.9. The van der Waals surface area contributed by atoms with Crippen LogP contribution in [0.4, 0.5) is 0 Å². The summed E-state index contributed by atoms with van der Waals surface area (Å²) in [6, 6.07) is 0.561. The molecule has 1 saturated carbocycles. The van der Waals surface area contributed by atoms with Gasteiger partial charge in [-0.15, -0.1) is 0 Å². The highest BCUT2D eigenvalue weighted by molar-refractivity contribution is 6.45. The summed E-state index contributed by atoms with van der Waals surface area (Å²) in [6.07, 6.45) is 5.08. The first kappa shape index (κ1) is 9.08. The molecule has 0 atom stereocenters. The number of rotatable bonds is 2. The minimum atomic E-state index is -0.339. The topological polar surface area (TPSA) is 32.3 Å². The van der Waals surface area contributed by atoms with Crippen molar-refractivity contribution < 1.29 is 5.02 Å². The van der Waals surface area contributed by atoms with Gasteiger partial charge < -0.3 is 10.3 Å². The molecule has 0 heterocycles. The Balaban J connectivity index is 2.17. The van der Waals surface area contributed by atoms with Gasteiger partial charge in [0.1, 0.15) is 0 Å². The monoisotopic (exact) mass is 155 g/mol. The quantitative estimate of drug-likeness (QED) is 0.588. The molecule has 64 valence electrons. The molecule has 1 aliphatic rings. The molecule has 11 heavy (non-hydrogen) atoms. The average molecular weight is 155 g/mol. The van der Waals surface area contributed by atoms with Crippen molar-refractivity contribution in [2.24, 2.45) is 5.92 Å². The molecule has 0 bridgehead atoms. The summed E-state index contributed by atoms with van der Waals surface area (Å²) in [5, 5.41) is 12.2. The summed E-state index contributed by atoms with van der Waals surface area (Å²) < 4.78 is 0. The molecular formula is C8H18BNO. The Morgan fingerprint density at radius 3 is 2.27 bits per heavy atom. The van der Waals surface area contributed by atoms with Crippen LogP contribution in [0.25, 0.3) is 0 Å². The standard InChI is InChI=1S/C8H18BNO/c1-7-3-5-8(6-4-7)10-9(2)11/h7-8,10-11H,3-6H2,1-2H3. The SMILES string of the molecule is CB(O)NC1CCC(C)CC1. The first-order valence-electron chi connectivity index (χ1n) is 4.62. The van der Waals surface area contributed by atoms with Gasteiger partial charge in [-0.2, -0.15) is 0 Å². The lowest BCUT2D eigenvalue weighted by Gasteiger charge is -2.27. The van der Waals surface area contributed by atoms with E-state index in [9.17, 15) is 0 Å². The zero-order valence-corrected chi connectivity index (χ0v) is 7.51. The highest BCUT2D eigenvalue weighted by Gasteiger charge is 2.19. The van der Waals surface area contributed by atoms with Crippen molar-refractivity contribution in [3.05, 3.63) is 0 Å². The summed E-state index contributed by atoms with van der Waals surface area (Å²) in [4.78, 5) is 0. The highest BCUT2D eigenvalue weighted by Crippen LogP contribution is 2.23. The van der Waals surface area contributed by atoms with E-state index in [-0.39, 0.29) is 7.05 Å². The van der Waals surface area contributed by atoms with Crippen LogP contribution < -0.4 is 5.23 Å². The molecule has 0 unspecified atom stereocenters. The molecule has 2 N–H and O–H groups in total. The molecule has 0 radical (unpaired) electrons. The fourth-order valence-corrected chi connectivity index (χ4v) is 1.77. The lowest BCUT2D eigenvalue weighted by atomic mass is 9.81. The summed E-state index contributed by atoms with van der Waals surface area (Å²) >= 11 is 0. The Kier molecular flexibility index (Phi) is 3.40. The van der Waals surface area contributed by atoms with Crippen LogP contribution in [-0.2, 0) is 0 Å². The van der Waals surface area contributed by atoms with E-state index in [2.05, 4.69) is 12.2 Å². The molecule has 2 nitrogen and oxygen atoms in total. The van der Waals surface area contributed by atoms with Crippen LogP contribution >= 0.6 is 0 Å². The predicted molar refractivity (Wildman–Crippen MR) is 48.4 cm³/mol. The van der Waals surface area contributed by atoms with Gasteiger partial charge in [-0.25, -0.2) is 0 Å². The van der Waals surface area contributed by atoms with Gasteiger partial charge in [-0.1, -0.05) is 6.92 Å². The van der Waals surface area contributed by atoms with Crippen LogP contribution in [0.1, 0.15) is 32.6 Å². The van der Waals surface area contributed by atoms with Crippen LogP contribution in [-0.4, -0.2) is 18.1 Å². The predicted octanol–water partition coefficient (Wildman–Crippen LogP) is 1.26. The molecular weight excluding hydrogens is 137 g/mol. The molecule has 0 aromatic heterocycles. The second-order valence-electron chi connectivity index (χ2n) is 3.80. The first-order valence-corrected chi connectivity index (χ1v) is 4.62. The third kappa shape index (κ3) is 3.26. The summed E-state index contributed by atoms with van der Waals surface area (Å²) in [5.41, 5.74) is 0. The van der Waals surface area contributed by atoms with Gasteiger partial charge in [-0.3, -0.25) is 0 Å². The maximum absolute atomic E-state index is 9.06. The Morgan fingerprint density at radius 1 is 1.27 bits per heavy atom. The Bertz CT molecular complexity index is 111. The molecule has 1 fully saturated rings. The van der Waals surface area contributed by atoms with Crippen LogP contribution in [0.2, 0.25) is 6.82 Å². The van der Waals surface area contributed by atoms with Crippen molar-refractivity contribution in [3.63, 3.8) is 0 Å². The zero-order valence-electron chi connectivity index (χ0n) is 7.51. The van der Waals surface area contributed by atoms with Crippen molar-refractivity contribution in [1.29, 1.82) is 0 Å². The van der Waals surface area contributed by atoms with Crippen molar-refractivity contribution in [3.8, 4) is 0 Å². The zero-order chi connectivity index (χ0) is 8.27. The van der Waals surface area contributed by atoms with E-state index >= 15 is 0 Å². The van der Waals surface area contributed by atoms with Crippen LogP contribution in [0.5, 0.6) is 0 Å². The number of nitrogens with one attached hydrogen (secondary N) is 1. The smallest absolute Gasteiger partial charge is 0.373 e. The largest absolute Gasteiger partial charge is 0.437 e. The molecule has 0 amide bonds. The van der Waals surface area contributed by atoms with E-state index in [0.29, 0.717) is 6.04 Å². The van der Waals surface area contributed by atoms with Gasteiger partial charge in [0.15, 0.2) is 0 Å². The third-order valence-electron chi connectivity index (χ3n) is 2.49. The van der Waals surface area contributed by atoms with E-state index in [1.807, 2.05) is 0 Å². The van der Waals surface area contributed by atoms with E-state index in [1.165, 1.54) is 25.7 Å². The Hall–Kier alpha value is -0.0151. The van der Waals surface area contributed by atoms with Gasteiger partial charge in [0, 0.05) is 0 Å². The molecule has 0 spiro atoms. The van der Waals surface area contributed by atoms with Gasteiger partial charge in [0.05, 0.1) is 0 Å². The minimum absolute atomic E-state index is 0.339. The second kappa shape index (κ2) is 4.12. The molecule has 1 aliphatic carbocycles. The van der Waals surface area contributed by atoms with Crippen LogP contribution in [0.3, 0.4) is 0 Å². The third-order valence-corrected chi connectivity index (χ3v) is 2.49. The van der Waals surface area contributed by atoms with Crippen molar-refractivity contribution >= 4 is 7.05 Å². The first-order chi connectivity index (χ1) is 5.18. The fraction of sp³-hybridized carbons (Fsp3) is 1.00. The Morgan fingerprint density at radius 2 is 1.82 bits per heavy atom. The minimum Gasteiger partial charge on any atom is -0.437 e. The summed E-state index contributed by atoms with van der Waals surface area (Å²) in [7, 11) is -0.339. The molecule has 1 rings (SSSR count). The lowest BCUT2D eigenvalue weighted by Crippen LogP contribution is -2.41. The van der Waals surface area contributed by atoms with Crippen LogP contribution in [0, 0.1) is 5.92 Å². The Labute approximate surface area is 69.5 Å². The van der Waals surface area contributed by atoms with E-state index in [0.717, 1.165) is 5.92 Å². The summed E-state index contributed by atoms with van der Waals surface area (Å²) in [6.45, 7) is 4.09. The maximum atomic E-state index is 9.06. The molecule has 0 aliphatic heterocycles. The summed E-state index contributed by atoms with van der Waals surface area (Å²) in [5.74, 6) is 0.891. The molecule has 0 aromatic rings. The second-order valence-corrected chi connectivity index (χ2v) is 3.80. The molecule has 3 heteroatoms. The van der Waals surface area contributed by atoms with Gasteiger partial charge in [-0.05, 0) is 44.5 Å². The van der Waals surface area contributed by atoms with Gasteiger partial charge >= 0.3 is 7.05 Å². The van der Waals surface area contributed by atoms with Crippen molar-refractivity contribution in [1.82, 2.24) is 5.23 Å². The van der Waals surface area contributed by atoms with Crippen molar-refractivity contribution in [2.75, 3.05) is 0 Å². The maximum Gasteiger partial charge on any atom is 0.373 e. The van der Waals surface area contributed by atoms with E-state index in [1.54, 1.807) is 6.82 Å². The number of hydrogen-bond donors (Lipinski definition) is 2. The van der Waals surface area contributed by atoms with Crippen molar-refractivity contribution in [2.45, 2.75) is 45.5 Å². The van der Waals surface area contributed by atoms with Gasteiger partial charge in [0.25, 0.3) is 0 Å². The van der Waals surface area contributed by atoms with E-state index < -0.39 is 0 Å². The highest BCUT2D eigenvalue weighted by atomic mass is 16.2. The lowest BCUT2D eigenvalue weighted by molar-refractivity contribution is 0.325. The molecule has 0 aromatic carbocycles. The fourth-order valence-electron chi connectivity index (χ4n) is 1.77. The number of hydrogen-bond acceptors (Lipinski definition) is 2. The van der Waals surface area contributed by atoms with Gasteiger partial charge in [0.2, 0.25) is 0 Å². The van der Waals surface area contributed by atoms with Crippen LogP contribution in [0.15, 0.2) is 0 Å². The average Bonchev–Trinajstić information content (AvgIpc) is 1.93.